The molecule has 1 atom stereocenters. The van der Waals surface area contributed by atoms with E-state index in [1.54, 1.807) is 0 Å². The van der Waals surface area contributed by atoms with Gasteiger partial charge >= 0.3 is 5.97 Å². The molecule has 0 saturated heterocycles. The highest BCUT2D eigenvalue weighted by Crippen LogP contribution is 2.33. The number of ether oxygens (including phenoxy) is 1. The molecule has 1 aromatic carbocycles. The van der Waals surface area contributed by atoms with Crippen LogP contribution in [-0.2, 0) is 11.2 Å². The lowest BCUT2D eigenvalue weighted by Gasteiger charge is -2.14. The summed E-state index contributed by atoms with van der Waals surface area (Å²) in [6.45, 7) is 5.49. The molecular formula is C30H50ClNO2. The maximum atomic E-state index is 12.3. The molecule has 194 valence electrons. The van der Waals surface area contributed by atoms with E-state index in [2.05, 4.69) is 43.4 Å². The molecule has 0 fully saturated rings. The number of halogens is 1. The topological polar surface area (TPSA) is 38.3 Å². The third-order valence-corrected chi connectivity index (χ3v) is 6.71. The van der Waals surface area contributed by atoms with Gasteiger partial charge in [-0.2, -0.15) is 0 Å². The Balaban J connectivity index is 0.00000578. The highest BCUT2D eigenvalue weighted by atomic mass is 35.5. The molecule has 0 bridgehead atoms. The lowest BCUT2D eigenvalue weighted by atomic mass is 10.1. The molecule has 4 heteroatoms. The second-order valence-corrected chi connectivity index (χ2v) is 9.71. The molecule has 0 aliphatic heterocycles. The van der Waals surface area contributed by atoms with Crippen LogP contribution in [0.3, 0.4) is 0 Å². The summed E-state index contributed by atoms with van der Waals surface area (Å²) in [5.41, 5.74) is 2.70. The van der Waals surface area contributed by atoms with Crippen LogP contribution in [0.25, 0.3) is 0 Å². The predicted molar refractivity (Wildman–Crippen MR) is 148 cm³/mol. The number of hydrogen-bond acceptors (Lipinski definition) is 3. The fourth-order valence-electron chi connectivity index (χ4n) is 4.70. The Bertz CT molecular complexity index is 688. The summed E-state index contributed by atoms with van der Waals surface area (Å²) >= 11 is 0. The van der Waals surface area contributed by atoms with E-state index in [1.807, 2.05) is 6.07 Å². The first-order valence-corrected chi connectivity index (χ1v) is 14.0. The van der Waals surface area contributed by atoms with Crippen molar-refractivity contribution in [2.24, 2.45) is 0 Å². The Kier molecular flexibility index (Phi) is 18.0. The summed E-state index contributed by atoms with van der Waals surface area (Å²) in [6.07, 6.45) is 25.1. The maximum absolute atomic E-state index is 12.3. The average Bonchev–Trinajstić information content (AvgIpc) is 3.22. The minimum Gasteiger partial charge on any atom is -0.427 e. The van der Waals surface area contributed by atoms with Crippen LogP contribution in [0.15, 0.2) is 30.4 Å². The number of fused-ring (bicyclic) bond motifs is 1. The number of benzene rings is 1. The Morgan fingerprint density at radius 1 is 0.912 bits per heavy atom. The molecule has 1 aromatic rings. The van der Waals surface area contributed by atoms with E-state index in [0.717, 1.165) is 38.6 Å². The fraction of sp³-hybridized carbons (Fsp3) is 0.700. The molecule has 0 heterocycles. The monoisotopic (exact) mass is 491 g/mol. The summed E-state index contributed by atoms with van der Waals surface area (Å²) < 4.78 is 5.64. The lowest BCUT2D eigenvalue weighted by Crippen LogP contribution is -2.19. The van der Waals surface area contributed by atoms with Crippen molar-refractivity contribution < 1.29 is 9.53 Å². The number of allylic oxidation sites excluding steroid dienone is 2. The van der Waals surface area contributed by atoms with Crippen LogP contribution >= 0.6 is 12.4 Å². The second kappa shape index (κ2) is 19.9. The molecule has 2 rings (SSSR count). The predicted octanol–water partition coefficient (Wildman–Crippen LogP) is 9.04. The molecule has 1 aliphatic rings. The number of carbonyl (C=O) groups excluding carboxylic acids is 1. The minimum absolute atomic E-state index is 0. The van der Waals surface area contributed by atoms with Crippen LogP contribution in [0.5, 0.6) is 5.75 Å². The van der Waals surface area contributed by atoms with Crippen molar-refractivity contribution in [3.63, 3.8) is 0 Å². The highest BCUT2D eigenvalue weighted by Gasteiger charge is 2.22. The van der Waals surface area contributed by atoms with Crippen molar-refractivity contribution >= 4 is 18.4 Å². The molecule has 0 spiro atoms. The Labute approximate surface area is 215 Å². The van der Waals surface area contributed by atoms with Gasteiger partial charge in [0.25, 0.3) is 0 Å². The Morgan fingerprint density at radius 2 is 1.56 bits per heavy atom. The molecule has 34 heavy (non-hydrogen) atoms. The number of carbonyl (C=O) groups is 1. The van der Waals surface area contributed by atoms with E-state index in [0.29, 0.717) is 18.2 Å². The third kappa shape index (κ3) is 13.0. The first kappa shape index (κ1) is 30.7. The van der Waals surface area contributed by atoms with Crippen molar-refractivity contribution in [3.05, 3.63) is 41.5 Å². The average molecular weight is 492 g/mol. The second-order valence-electron chi connectivity index (χ2n) is 9.71. The first-order chi connectivity index (χ1) is 16.2. The standard InChI is InChI=1S/C30H49NO2.ClH/c1-3-5-6-7-8-9-10-11-12-13-14-15-16-17-18-19-30(32)33-27-22-20-26-21-23-29(28(26)25-27)31-24-4-2;/h11-12,20,22,25,29,31H,3-10,13-19,21,23-24H2,1-2H3;1H/b12-11-;. The Morgan fingerprint density at radius 3 is 2.24 bits per heavy atom. The number of unbranched alkanes of at least 4 members (excludes halogenated alkanes) is 11. The van der Waals surface area contributed by atoms with Gasteiger partial charge in [-0.25, -0.2) is 0 Å². The highest BCUT2D eigenvalue weighted by molar-refractivity contribution is 5.85. The molecule has 0 saturated carbocycles. The van der Waals surface area contributed by atoms with Crippen molar-refractivity contribution in [3.8, 4) is 5.75 Å². The molecule has 1 N–H and O–H groups in total. The van der Waals surface area contributed by atoms with E-state index >= 15 is 0 Å². The van der Waals surface area contributed by atoms with E-state index in [1.165, 1.54) is 81.8 Å². The van der Waals surface area contributed by atoms with E-state index in [4.69, 9.17) is 4.74 Å². The zero-order valence-corrected chi connectivity index (χ0v) is 22.7. The van der Waals surface area contributed by atoms with E-state index < -0.39 is 0 Å². The summed E-state index contributed by atoms with van der Waals surface area (Å²) in [4.78, 5) is 12.3. The molecule has 1 unspecified atom stereocenters. The largest absolute Gasteiger partial charge is 0.427 e. The lowest BCUT2D eigenvalue weighted by molar-refractivity contribution is -0.134. The van der Waals surface area contributed by atoms with Gasteiger partial charge in [0.2, 0.25) is 0 Å². The molecular weight excluding hydrogens is 442 g/mol. The molecule has 1 aliphatic carbocycles. The van der Waals surface area contributed by atoms with Crippen molar-refractivity contribution in [1.82, 2.24) is 5.32 Å². The maximum Gasteiger partial charge on any atom is 0.311 e. The zero-order valence-electron chi connectivity index (χ0n) is 21.9. The Hall–Kier alpha value is -1.32. The van der Waals surface area contributed by atoms with Crippen LogP contribution in [0.4, 0.5) is 0 Å². The summed E-state index contributed by atoms with van der Waals surface area (Å²) in [6, 6.07) is 6.57. The van der Waals surface area contributed by atoms with Gasteiger partial charge in [-0.3, -0.25) is 4.79 Å². The van der Waals surface area contributed by atoms with Gasteiger partial charge in [-0.15, -0.1) is 12.4 Å². The number of rotatable bonds is 19. The van der Waals surface area contributed by atoms with Gasteiger partial charge in [-0.05, 0) is 81.2 Å². The first-order valence-electron chi connectivity index (χ1n) is 14.0. The van der Waals surface area contributed by atoms with Gasteiger partial charge in [0.1, 0.15) is 5.75 Å². The van der Waals surface area contributed by atoms with Crippen LogP contribution in [0.1, 0.15) is 134 Å². The van der Waals surface area contributed by atoms with Crippen molar-refractivity contribution in [1.29, 1.82) is 0 Å². The molecule has 0 aromatic heterocycles. The van der Waals surface area contributed by atoms with Gasteiger partial charge in [0.15, 0.2) is 0 Å². The smallest absolute Gasteiger partial charge is 0.311 e. The molecule has 0 radical (unpaired) electrons. The number of hydrogen-bond donors (Lipinski definition) is 1. The number of nitrogens with one attached hydrogen (secondary N) is 1. The van der Waals surface area contributed by atoms with Crippen LogP contribution in [0.2, 0.25) is 0 Å². The summed E-state index contributed by atoms with van der Waals surface area (Å²) in [7, 11) is 0. The normalized spacial score (nSPS) is 14.8. The van der Waals surface area contributed by atoms with E-state index in [9.17, 15) is 4.79 Å². The molecule has 0 amide bonds. The van der Waals surface area contributed by atoms with Crippen LogP contribution in [0, 0.1) is 0 Å². The van der Waals surface area contributed by atoms with Gasteiger partial charge < -0.3 is 10.1 Å². The summed E-state index contributed by atoms with van der Waals surface area (Å²) in [5.74, 6) is 0.611. The van der Waals surface area contributed by atoms with Gasteiger partial charge in [0.05, 0.1) is 0 Å². The fourth-order valence-corrected chi connectivity index (χ4v) is 4.70. The summed E-state index contributed by atoms with van der Waals surface area (Å²) in [5, 5.41) is 3.61. The number of aryl methyl sites for hydroxylation is 1. The minimum atomic E-state index is -0.0939. The quantitative estimate of drug-likeness (QED) is 0.0907. The number of esters is 1. The molecule has 3 nitrogen and oxygen atoms in total. The third-order valence-electron chi connectivity index (χ3n) is 6.71. The van der Waals surface area contributed by atoms with Crippen molar-refractivity contribution in [2.75, 3.05) is 6.54 Å². The zero-order chi connectivity index (χ0) is 23.6. The SMILES string of the molecule is CCCCCCCC/C=C\CCCCCCCC(=O)Oc1ccc2c(c1)C(NCCC)CC2.Cl. The van der Waals surface area contributed by atoms with Crippen LogP contribution in [-0.4, -0.2) is 12.5 Å². The van der Waals surface area contributed by atoms with Crippen LogP contribution < -0.4 is 10.1 Å². The van der Waals surface area contributed by atoms with Gasteiger partial charge in [0, 0.05) is 12.5 Å². The van der Waals surface area contributed by atoms with E-state index in [-0.39, 0.29) is 18.4 Å². The van der Waals surface area contributed by atoms with Gasteiger partial charge in [-0.1, -0.05) is 83.4 Å². The van der Waals surface area contributed by atoms with Crippen molar-refractivity contribution in [2.45, 2.75) is 129 Å².